The molecule has 3 heteroatoms. The molecular weight excluding hydrogens is 142 g/mol. The van der Waals surface area contributed by atoms with E-state index in [1.807, 2.05) is 14.0 Å². The molecule has 0 radical (unpaired) electrons. The SMILES string of the molecule is CCOC(=O)C1CCCN1C. The summed E-state index contributed by atoms with van der Waals surface area (Å²) in [5.41, 5.74) is 0. The summed E-state index contributed by atoms with van der Waals surface area (Å²) >= 11 is 0. The van der Waals surface area contributed by atoms with E-state index in [1.54, 1.807) is 0 Å². The number of rotatable bonds is 2. The first-order chi connectivity index (χ1) is 5.25. The van der Waals surface area contributed by atoms with Crippen molar-refractivity contribution in [2.24, 2.45) is 0 Å². The molecule has 0 aromatic carbocycles. The Morgan fingerprint density at radius 3 is 2.91 bits per heavy atom. The molecule has 64 valence electrons. The van der Waals surface area contributed by atoms with Crippen molar-refractivity contribution in [3.63, 3.8) is 0 Å². The number of hydrogen-bond acceptors (Lipinski definition) is 3. The minimum atomic E-state index is -0.0625. The summed E-state index contributed by atoms with van der Waals surface area (Å²) in [6.07, 6.45) is 2.06. The highest BCUT2D eigenvalue weighted by Crippen LogP contribution is 2.15. The fraction of sp³-hybridized carbons (Fsp3) is 0.875. The predicted octanol–water partition coefficient (Wildman–Crippen LogP) is 0.644. The van der Waals surface area contributed by atoms with Gasteiger partial charge in [0.2, 0.25) is 0 Å². The smallest absolute Gasteiger partial charge is 0.323 e. The maximum atomic E-state index is 11.2. The Kier molecular flexibility index (Phi) is 2.88. The van der Waals surface area contributed by atoms with Gasteiger partial charge in [-0.3, -0.25) is 9.69 Å². The molecule has 1 heterocycles. The number of likely N-dealkylation sites (N-methyl/N-ethyl adjacent to an activating group) is 1. The van der Waals surface area contributed by atoms with Crippen LogP contribution in [0.1, 0.15) is 19.8 Å². The van der Waals surface area contributed by atoms with Gasteiger partial charge in [-0.15, -0.1) is 0 Å². The summed E-state index contributed by atoms with van der Waals surface area (Å²) < 4.78 is 4.92. The Balaban J connectivity index is 2.39. The van der Waals surface area contributed by atoms with Crippen molar-refractivity contribution in [3.05, 3.63) is 0 Å². The van der Waals surface area contributed by atoms with E-state index < -0.39 is 0 Å². The summed E-state index contributed by atoms with van der Waals surface area (Å²) in [5, 5.41) is 0. The van der Waals surface area contributed by atoms with Crippen LogP contribution in [-0.2, 0) is 9.53 Å². The number of likely N-dealkylation sites (tertiary alicyclic amines) is 1. The highest BCUT2D eigenvalue weighted by Gasteiger charge is 2.28. The van der Waals surface area contributed by atoms with Crippen LogP contribution < -0.4 is 0 Å². The van der Waals surface area contributed by atoms with Crippen LogP contribution in [0.2, 0.25) is 0 Å². The summed E-state index contributed by atoms with van der Waals surface area (Å²) in [4.78, 5) is 13.2. The highest BCUT2D eigenvalue weighted by atomic mass is 16.5. The van der Waals surface area contributed by atoms with Crippen LogP contribution in [0.5, 0.6) is 0 Å². The zero-order valence-corrected chi connectivity index (χ0v) is 7.17. The maximum Gasteiger partial charge on any atom is 0.323 e. The monoisotopic (exact) mass is 157 g/mol. The van der Waals surface area contributed by atoms with E-state index in [4.69, 9.17) is 4.74 Å². The largest absolute Gasteiger partial charge is 0.465 e. The van der Waals surface area contributed by atoms with Gasteiger partial charge in [-0.1, -0.05) is 0 Å². The number of nitrogens with zero attached hydrogens (tertiary/aromatic N) is 1. The first-order valence-electron chi connectivity index (χ1n) is 4.12. The van der Waals surface area contributed by atoms with E-state index in [2.05, 4.69) is 4.90 Å². The van der Waals surface area contributed by atoms with Gasteiger partial charge in [0.25, 0.3) is 0 Å². The average Bonchev–Trinajstić information content (AvgIpc) is 2.36. The minimum Gasteiger partial charge on any atom is -0.465 e. The van der Waals surface area contributed by atoms with Gasteiger partial charge in [0, 0.05) is 0 Å². The first kappa shape index (κ1) is 8.53. The van der Waals surface area contributed by atoms with E-state index in [0.29, 0.717) is 6.61 Å². The van der Waals surface area contributed by atoms with Crippen LogP contribution in [0.3, 0.4) is 0 Å². The van der Waals surface area contributed by atoms with Gasteiger partial charge in [0.05, 0.1) is 6.61 Å². The molecule has 3 nitrogen and oxygen atoms in total. The Morgan fingerprint density at radius 1 is 1.73 bits per heavy atom. The molecule has 1 fully saturated rings. The molecule has 1 aliphatic rings. The Labute approximate surface area is 67.3 Å². The third-order valence-corrected chi connectivity index (χ3v) is 2.08. The Hall–Kier alpha value is -0.570. The molecule has 1 atom stereocenters. The second-order valence-corrected chi connectivity index (χ2v) is 2.89. The van der Waals surface area contributed by atoms with Crippen LogP contribution >= 0.6 is 0 Å². The van der Waals surface area contributed by atoms with Crippen LogP contribution in [0, 0.1) is 0 Å². The lowest BCUT2D eigenvalue weighted by atomic mass is 10.2. The molecule has 1 unspecified atom stereocenters. The van der Waals surface area contributed by atoms with Gasteiger partial charge in [0.15, 0.2) is 0 Å². The Morgan fingerprint density at radius 2 is 2.45 bits per heavy atom. The molecule has 0 aliphatic carbocycles. The van der Waals surface area contributed by atoms with Gasteiger partial charge in [-0.05, 0) is 33.4 Å². The lowest BCUT2D eigenvalue weighted by Gasteiger charge is -2.16. The summed E-state index contributed by atoms with van der Waals surface area (Å²) in [7, 11) is 1.97. The summed E-state index contributed by atoms with van der Waals surface area (Å²) in [6, 6.07) is 0.0231. The second kappa shape index (κ2) is 3.72. The number of hydrogen-bond donors (Lipinski definition) is 0. The molecule has 0 bridgehead atoms. The fourth-order valence-corrected chi connectivity index (χ4v) is 1.45. The molecule has 1 rings (SSSR count). The summed E-state index contributed by atoms with van der Waals surface area (Å²) in [6.45, 7) is 3.35. The van der Waals surface area contributed by atoms with E-state index in [-0.39, 0.29) is 12.0 Å². The molecule has 0 spiro atoms. The third kappa shape index (κ3) is 1.93. The first-order valence-corrected chi connectivity index (χ1v) is 4.12. The van der Waals surface area contributed by atoms with Crippen molar-refractivity contribution in [1.29, 1.82) is 0 Å². The van der Waals surface area contributed by atoms with E-state index in [1.165, 1.54) is 0 Å². The van der Waals surface area contributed by atoms with Crippen LogP contribution in [0.25, 0.3) is 0 Å². The molecule has 0 aromatic heterocycles. The number of ether oxygens (including phenoxy) is 1. The molecule has 0 N–H and O–H groups in total. The number of carbonyl (C=O) groups excluding carboxylic acids is 1. The van der Waals surface area contributed by atoms with E-state index in [9.17, 15) is 4.79 Å². The second-order valence-electron chi connectivity index (χ2n) is 2.89. The molecule has 11 heavy (non-hydrogen) atoms. The zero-order chi connectivity index (χ0) is 8.27. The van der Waals surface area contributed by atoms with Gasteiger partial charge in [0.1, 0.15) is 6.04 Å². The normalized spacial score (nSPS) is 25.5. The van der Waals surface area contributed by atoms with E-state index >= 15 is 0 Å². The van der Waals surface area contributed by atoms with Gasteiger partial charge in [-0.25, -0.2) is 0 Å². The van der Waals surface area contributed by atoms with Crippen LogP contribution in [0.4, 0.5) is 0 Å². The quantitative estimate of drug-likeness (QED) is 0.551. The zero-order valence-electron chi connectivity index (χ0n) is 7.17. The van der Waals surface area contributed by atoms with Crippen molar-refractivity contribution in [2.75, 3.05) is 20.2 Å². The van der Waals surface area contributed by atoms with Crippen LogP contribution in [-0.4, -0.2) is 37.1 Å². The maximum absolute atomic E-state index is 11.2. The minimum absolute atomic E-state index is 0.0231. The molecule has 0 amide bonds. The van der Waals surface area contributed by atoms with Crippen molar-refractivity contribution in [1.82, 2.24) is 4.90 Å². The van der Waals surface area contributed by atoms with Crippen LogP contribution in [0.15, 0.2) is 0 Å². The average molecular weight is 157 g/mol. The standard InChI is InChI=1S/C8H15NO2/c1-3-11-8(10)7-5-4-6-9(7)2/h7H,3-6H2,1-2H3. The number of carbonyl (C=O) groups is 1. The van der Waals surface area contributed by atoms with Crippen molar-refractivity contribution in [3.8, 4) is 0 Å². The topological polar surface area (TPSA) is 29.5 Å². The fourth-order valence-electron chi connectivity index (χ4n) is 1.45. The molecule has 0 saturated carbocycles. The van der Waals surface area contributed by atoms with Gasteiger partial charge < -0.3 is 4.74 Å². The lowest BCUT2D eigenvalue weighted by Crippen LogP contribution is -2.34. The van der Waals surface area contributed by atoms with Crippen molar-refractivity contribution in [2.45, 2.75) is 25.8 Å². The number of esters is 1. The summed E-state index contributed by atoms with van der Waals surface area (Å²) in [5.74, 6) is -0.0625. The highest BCUT2D eigenvalue weighted by molar-refractivity contribution is 5.76. The molecule has 0 aromatic rings. The van der Waals surface area contributed by atoms with E-state index in [0.717, 1.165) is 19.4 Å². The lowest BCUT2D eigenvalue weighted by molar-refractivity contribution is -0.147. The molecule has 1 saturated heterocycles. The van der Waals surface area contributed by atoms with Gasteiger partial charge >= 0.3 is 5.97 Å². The van der Waals surface area contributed by atoms with Crippen molar-refractivity contribution < 1.29 is 9.53 Å². The Bertz CT molecular complexity index is 147. The van der Waals surface area contributed by atoms with Crippen molar-refractivity contribution >= 4 is 5.97 Å². The van der Waals surface area contributed by atoms with Gasteiger partial charge in [-0.2, -0.15) is 0 Å². The molecular formula is C8H15NO2. The third-order valence-electron chi connectivity index (χ3n) is 2.08. The molecule has 1 aliphatic heterocycles. The predicted molar refractivity (Wildman–Crippen MR) is 42.3 cm³/mol.